The standard InChI is InChI=1S/C15H11ClN2O4/c16-9-3-4-10(11(6-9)18(21)22)17-14(19)12-7-1-2-8(5-7)13(12)15(17)20/h1-4,6-8,12-13H,5H2. The molecule has 0 spiro atoms. The van der Waals surface area contributed by atoms with Crippen LogP contribution in [0.1, 0.15) is 6.42 Å². The third-order valence-electron chi connectivity index (χ3n) is 4.85. The number of amides is 2. The number of rotatable bonds is 2. The molecule has 1 aromatic rings. The molecule has 7 heteroatoms. The Morgan fingerprint density at radius 3 is 2.27 bits per heavy atom. The lowest BCUT2D eigenvalue weighted by molar-refractivity contribution is -0.384. The SMILES string of the molecule is O=C1C2C3C=CC(C3)C2C(=O)N1c1ccc(Cl)cc1[N+](=O)[O-]. The lowest BCUT2D eigenvalue weighted by Crippen LogP contribution is -2.33. The average Bonchev–Trinajstić information content (AvgIpc) is 3.14. The first-order valence-corrected chi connectivity index (χ1v) is 7.37. The summed E-state index contributed by atoms with van der Waals surface area (Å²) in [6.07, 6.45) is 4.79. The summed E-state index contributed by atoms with van der Waals surface area (Å²) in [5.41, 5.74) is -0.312. The summed E-state index contributed by atoms with van der Waals surface area (Å²) in [6.45, 7) is 0. The number of halogens is 1. The maximum Gasteiger partial charge on any atom is 0.294 e. The molecule has 1 saturated heterocycles. The molecular weight excluding hydrogens is 308 g/mol. The maximum atomic E-state index is 12.7. The zero-order valence-corrected chi connectivity index (χ0v) is 12.1. The number of hydrogen-bond donors (Lipinski definition) is 0. The molecule has 1 heterocycles. The lowest BCUT2D eigenvalue weighted by Gasteiger charge is -2.17. The van der Waals surface area contributed by atoms with Crippen molar-refractivity contribution in [1.29, 1.82) is 0 Å². The van der Waals surface area contributed by atoms with Crippen molar-refractivity contribution in [3.05, 3.63) is 45.5 Å². The van der Waals surface area contributed by atoms with Gasteiger partial charge in [-0.15, -0.1) is 0 Å². The number of fused-ring (bicyclic) bond motifs is 5. The van der Waals surface area contributed by atoms with Crippen molar-refractivity contribution in [3.8, 4) is 0 Å². The van der Waals surface area contributed by atoms with E-state index in [1.54, 1.807) is 0 Å². The second-order valence-electron chi connectivity index (χ2n) is 5.90. The van der Waals surface area contributed by atoms with Gasteiger partial charge in [0.05, 0.1) is 16.8 Å². The van der Waals surface area contributed by atoms with Crippen molar-refractivity contribution in [2.75, 3.05) is 4.90 Å². The highest BCUT2D eigenvalue weighted by Crippen LogP contribution is 2.53. The first-order chi connectivity index (χ1) is 10.5. The number of hydrogen-bond acceptors (Lipinski definition) is 4. The van der Waals surface area contributed by atoms with Crippen LogP contribution in [-0.4, -0.2) is 16.7 Å². The molecule has 1 saturated carbocycles. The Balaban J connectivity index is 1.81. The number of benzene rings is 1. The van der Waals surface area contributed by atoms with Gasteiger partial charge in [0, 0.05) is 11.1 Å². The van der Waals surface area contributed by atoms with Crippen molar-refractivity contribution in [2.24, 2.45) is 23.7 Å². The maximum absolute atomic E-state index is 12.7. The van der Waals surface area contributed by atoms with E-state index in [-0.39, 0.29) is 51.9 Å². The highest BCUT2D eigenvalue weighted by molar-refractivity contribution is 6.31. The van der Waals surface area contributed by atoms with Crippen molar-refractivity contribution >= 4 is 34.8 Å². The predicted octanol–water partition coefficient (Wildman–Crippen LogP) is 2.56. The Bertz CT molecular complexity index is 730. The average molecular weight is 319 g/mol. The molecule has 112 valence electrons. The summed E-state index contributed by atoms with van der Waals surface area (Å²) in [5, 5.41) is 11.4. The second-order valence-corrected chi connectivity index (χ2v) is 6.34. The number of carbonyl (C=O) groups excluding carboxylic acids is 2. The van der Waals surface area contributed by atoms with Gasteiger partial charge in [-0.3, -0.25) is 19.7 Å². The van der Waals surface area contributed by atoms with E-state index in [0.717, 1.165) is 11.3 Å². The fraction of sp³-hybridized carbons (Fsp3) is 0.333. The lowest BCUT2D eigenvalue weighted by atomic mass is 9.85. The van der Waals surface area contributed by atoms with Crippen LogP contribution in [0.3, 0.4) is 0 Å². The second kappa shape index (κ2) is 4.39. The van der Waals surface area contributed by atoms with Crippen LogP contribution in [0.25, 0.3) is 0 Å². The zero-order valence-electron chi connectivity index (χ0n) is 11.3. The highest BCUT2D eigenvalue weighted by Gasteiger charge is 2.60. The molecule has 6 nitrogen and oxygen atoms in total. The van der Waals surface area contributed by atoms with Crippen LogP contribution in [-0.2, 0) is 9.59 Å². The minimum Gasteiger partial charge on any atom is -0.274 e. The van der Waals surface area contributed by atoms with Gasteiger partial charge < -0.3 is 0 Å². The van der Waals surface area contributed by atoms with Gasteiger partial charge in [-0.1, -0.05) is 23.8 Å². The summed E-state index contributed by atoms with van der Waals surface area (Å²) < 4.78 is 0. The van der Waals surface area contributed by atoms with Gasteiger partial charge in [-0.05, 0) is 30.4 Å². The van der Waals surface area contributed by atoms with Gasteiger partial charge >= 0.3 is 0 Å². The van der Waals surface area contributed by atoms with Gasteiger partial charge in [-0.2, -0.15) is 0 Å². The van der Waals surface area contributed by atoms with Crippen LogP contribution >= 0.6 is 11.6 Å². The molecule has 0 radical (unpaired) electrons. The number of nitro benzene ring substituents is 1. The molecular formula is C15H11ClN2O4. The van der Waals surface area contributed by atoms with E-state index in [1.165, 1.54) is 18.2 Å². The van der Waals surface area contributed by atoms with E-state index in [4.69, 9.17) is 11.6 Å². The molecule has 3 aliphatic rings. The van der Waals surface area contributed by atoms with E-state index in [2.05, 4.69) is 0 Å². The molecule has 4 atom stereocenters. The molecule has 4 unspecified atom stereocenters. The molecule has 0 aromatic heterocycles. The number of allylic oxidation sites excluding steroid dienone is 2. The fourth-order valence-electron chi connectivity index (χ4n) is 3.97. The number of imide groups is 1. The fourth-order valence-corrected chi connectivity index (χ4v) is 4.14. The van der Waals surface area contributed by atoms with Crippen LogP contribution < -0.4 is 4.90 Å². The van der Waals surface area contributed by atoms with E-state index in [9.17, 15) is 19.7 Å². The Morgan fingerprint density at radius 2 is 1.73 bits per heavy atom. The van der Waals surface area contributed by atoms with Crippen molar-refractivity contribution < 1.29 is 14.5 Å². The largest absolute Gasteiger partial charge is 0.294 e. The minimum atomic E-state index is -0.622. The Hall–Kier alpha value is -2.21. The van der Waals surface area contributed by atoms with Gasteiger partial charge in [0.1, 0.15) is 5.69 Å². The monoisotopic (exact) mass is 318 g/mol. The highest BCUT2D eigenvalue weighted by atomic mass is 35.5. The Morgan fingerprint density at radius 1 is 1.14 bits per heavy atom. The topological polar surface area (TPSA) is 80.5 Å². The van der Waals surface area contributed by atoms with Gasteiger partial charge in [0.25, 0.3) is 5.69 Å². The third-order valence-corrected chi connectivity index (χ3v) is 5.08. The van der Waals surface area contributed by atoms with Gasteiger partial charge in [0.2, 0.25) is 11.8 Å². The minimum absolute atomic E-state index is 0.0122. The van der Waals surface area contributed by atoms with Crippen molar-refractivity contribution in [3.63, 3.8) is 0 Å². The molecule has 2 bridgehead atoms. The molecule has 1 aromatic carbocycles. The smallest absolute Gasteiger partial charge is 0.274 e. The van der Waals surface area contributed by atoms with E-state index in [1.807, 2.05) is 12.2 Å². The van der Waals surface area contributed by atoms with Gasteiger partial charge in [-0.25, -0.2) is 4.90 Å². The van der Waals surface area contributed by atoms with Crippen LogP contribution in [0.15, 0.2) is 30.4 Å². The van der Waals surface area contributed by atoms with E-state index >= 15 is 0 Å². The Labute approximate surface area is 130 Å². The molecule has 4 rings (SSSR count). The van der Waals surface area contributed by atoms with Crippen molar-refractivity contribution in [2.45, 2.75) is 6.42 Å². The summed E-state index contributed by atoms with van der Waals surface area (Å²) in [4.78, 5) is 36.9. The van der Waals surface area contributed by atoms with Crippen molar-refractivity contribution in [1.82, 2.24) is 0 Å². The molecule has 0 N–H and O–H groups in total. The molecule has 2 aliphatic carbocycles. The normalized spacial score (nSPS) is 32.0. The number of carbonyl (C=O) groups is 2. The third kappa shape index (κ3) is 1.61. The predicted molar refractivity (Wildman–Crippen MR) is 78.3 cm³/mol. The molecule has 2 fully saturated rings. The van der Waals surface area contributed by atoms with Crippen LogP contribution in [0.2, 0.25) is 5.02 Å². The summed E-state index contributed by atoms with van der Waals surface area (Å²) in [5.74, 6) is -1.28. The first-order valence-electron chi connectivity index (χ1n) is 6.99. The summed E-state index contributed by atoms with van der Waals surface area (Å²) in [7, 11) is 0. The van der Waals surface area contributed by atoms with E-state index < -0.39 is 4.92 Å². The van der Waals surface area contributed by atoms with Crippen LogP contribution in [0.5, 0.6) is 0 Å². The van der Waals surface area contributed by atoms with Gasteiger partial charge in [0.15, 0.2) is 0 Å². The molecule has 22 heavy (non-hydrogen) atoms. The quantitative estimate of drug-likeness (QED) is 0.363. The summed E-state index contributed by atoms with van der Waals surface area (Å²) >= 11 is 5.79. The van der Waals surface area contributed by atoms with Crippen LogP contribution in [0, 0.1) is 33.8 Å². The molecule has 1 aliphatic heterocycles. The van der Waals surface area contributed by atoms with E-state index in [0.29, 0.717) is 0 Å². The van der Waals surface area contributed by atoms with Crippen LogP contribution in [0.4, 0.5) is 11.4 Å². The zero-order chi connectivity index (χ0) is 15.6. The number of nitro groups is 1. The first kappa shape index (κ1) is 13.5. The Kier molecular flexibility index (Phi) is 2.69. The number of anilines is 1. The summed E-state index contributed by atoms with van der Waals surface area (Å²) in [6, 6.07) is 3.98. The molecule has 2 amide bonds. The number of nitrogens with zero attached hydrogens (tertiary/aromatic N) is 2.